The number of aliphatic imine (C=N–C) groups is 1. The van der Waals surface area contributed by atoms with Crippen molar-refractivity contribution in [3.05, 3.63) is 0 Å². The third kappa shape index (κ3) is 4.07. The number of hydrogen-bond acceptors (Lipinski definition) is 3. The van der Waals surface area contributed by atoms with Crippen LogP contribution in [0.25, 0.3) is 0 Å². The van der Waals surface area contributed by atoms with Crippen LogP contribution in [0.4, 0.5) is 0 Å². The highest BCUT2D eigenvalue weighted by Gasteiger charge is 2.65. The Labute approximate surface area is 170 Å². The molecule has 1 amide bonds. The molecule has 3 N–H and O–H groups in total. The summed E-state index contributed by atoms with van der Waals surface area (Å²) in [6.07, 6.45) is 0. The third-order valence-corrected chi connectivity index (χ3v) is 6.57. The highest BCUT2D eigenvalue weighted by Crippen LogP contribution is 2.62. The lowest BCUT2D eigenvalue weighted by Crippen LogP contribution is -2.61. The smallest absolute Gasteiger partial charge is 0.237 e. The second-order valence-corrected chi connectivity index (χ2v) is 8.72. The first-order chi connectivity index (χ1) is 11.0. The topological polar surface area (TPSA) is 74.0 Å². The summed E-state index contributed by atoms with van der Waals surface area (Å²) in [5.74, 6) is 0.732. The van der Waals surface area contributed by atoms with Gasteiger partial charge < -0.3 is 16.0 Å². The first-order valence-electron chi connectivity index (χ1n) is 9.07. The van der Waals surface area contributed by atoms with Crippen LogP contribution < -0.4 is 11.1 Å². The van der Waals surface area contributed by atoms with Crippen LogP contribution in [-0.4, -0.2) is 66.0 Å². The number of rotatable bonds is 4. The van der Waals surface area contributed by atoms with E-state index in [1.54, 1.807) is 0 Å². The molecular weight excluding hydrogens is 429 g/mol. The van der Waals surface area contributed by atoms with Crippen molar-refractivity contribution in [3.63, 3.8) is 0 Å². The van der Waals surface area contributed by atoms with Crippen molar-refractivity contribution in [2.75, 3.05) is 32.7 Å². The zero-order valence-electron chi connectivity index (χ0n) is 16.8. The van der Waals surface area contributed by atoms with Crippen LogP contribution in [0, 0.1) is 10.8 Å². The molecular formula is C18H36IN5O. The Balaban J connectivity index is 0.00000312. The van der Waals surface area contributed by atoms with Crippen molar-refractivity contribution in [2.45, 2.75) is 60.0 Å². The molecule has 0 atom stereocenters. The van der Waals surface area contributed by atoms with Gasteiger partial charge in [0.1, 0.15) is 0 Å². The van der Waals surface area contributed by atoms with E-state index < -0.39 is 5.54 Å². The van der Waals surface area contributed by atoms with Crippen LogP contribution in [-0.2, 0) is 4.79 Å². The number of amides is 1. The van der Waals surface area contributed by atoms with E-state index in [-0.39, 0.29) is 40.7 Å². The molecule has 1 aliphatic carbocycles. The van der Waals surface area contributed by atoms with Crippen molar-refractivity contribution >= 4 is 35.8 Å². The Bertz CT molecular complexity index is 508. The lowest BCUT2D eigenvalue weighted by atomic mass is 10.0. The summed E-state index contributed by atoms with van der Waals surface area (Å²) in [7, 11) is 0. The van der Waals surface area contributed by atoms with Crippen LogP contribution in [0.3, 0.4) is 0 Å². The van der Waals surface area contributed by atoms with Crippen LogP contribution in [0.1, 0.15) is 48.5 Å². The zero-order valence-corrected chi connectivity index (χ0v) is 19.2. The van der Waals surface area contributed by atoms with Crippen molar-refractivity contribution in [2.24, 2.45) is 21.6 Å². The Morgan fingerprint density at radius 1 is 1.16 bits per heavy atom. The molecule has 1 heterocycles. The number of guanidine groups is 1. The van der Waals surface area contributed by atoms with E-state index in [2.05, 4.69) is 49.7 Å². The number of hydrogen-bond donors (Lipinski definition) is 2. The Morgan fingerprint density at radius 3 is 2.00 bits per heavy atom. The van der Waals surface area contributed by atoms with E-state index in [1.807, 2.05) is 13.8 Å². The summed E-state index contributed by atoms with van der Waals surface area (Å²) in [5, 5.41) is 3.68. The number of halogens is 1. The Morgan fingerprint density at radius 2 is 1.64 bits per heavy atom. The first-order valence-corrected chi connectivity index (χ1v) is 9.07. The monoisotopic (exact) mass is 465 g/mol. The third-order valence-electron chi connectivity index (χ3n) is 6.57. The normalized spacial score (nSPS) is 23.8. The maximum atomic E-state index is 11.7. The lowest BCUT2D eigenvalue weighted by molar-refractivity contribution is -0.129. The maximum Gasteiger partial charge on any atom is 0.237 e. The van der Waals surface area contributed by atoms with Crippen LogP contribution >= 0.6 is 24.0 Å². The molecule has 0 aromatic rings. The molecule has 2 aliphatic rings. The predicted octanol–water partition coefficient (Wildman–Crippen LogP) is 1.89. The van der Waals surface area contributed by atoms with Gasteiger partial charge in [0.15, 0.2) is 5.96 Å². The van der Waals surface area contributed by atoms with Crippen molar-refractivity contribution in [3.8, 4) is 0 Å². The van der Waals surface area contributed by atoms with Gasteiger partial charge in [-0.05, 0) is 31.6 Å². The molecule has 0 radical (unpaired) electrons. The second kappa shape index (κ2) is 7.58. The minimum atomic E-state index is -0.595. The molecule has 1 aliphatic heterocycles. The summed E-state index contributed by atoms with van der Waals surface area (Å²) in [6, 6.07) is 0.440. The van der Waals surface area contributed by atoms with Crippen LogP contribution in [0.15, 0.2) is 4.99 Å². The van der Waals surface area contributed by atoms with Gasteiger partial charge in [0, 0.05) is 38.8 Å². The lowest BCUT2D eigenvalue weighted by Gasteiger charge is -2.43. The molecule has 0 bridgehead atoms. The van der Waals surface area contributed by atoms with Crippen molar-refractivity contribution in [1.29, 1.82) is 0 Å². The number of carbonyl (C=O) groups excluding carboxylic acids is 1. The molecule has 0 spiro atoms. The van der Waals surface area contributed by atoms with E-state index in [0.717, 1.165) is 38.7 Å². The van der Waals surface area contributed by atoms with E-state index in [0.29, 0.717) is 6.04 Å². The number of primary amides is 1. The molecule has 0 aromatic carbocycles. The quantitative estimate of drug-likeness (QED) is 0.378. The van der Waals surface area contributed by atoms with Gasteiger partial charge in [0.05, 0.1) is 5.54 Å². The molecule has 2 fully saturated rings. The number of nitrogens with two attached hydrogens (primary N) is 1. The first kappa shape index (κ1) is 22.5. The fraction of sp³-hybridized carbons (Fsp3) is 0.889. The number of piperazine rings is 1. The van der Waals surface area contributed by atoms with Gasteiger partial charge in [0.2, 0.25) is 5.91 Å². The number of nitrogens with one attached hydrogen (secondary N) is 1. The molecule has 1 saturated heterocycles. The molecule has 1 saturated carbocycles. The SMILES string of the molecule is CCN=C(NC1C(C)(C)C1(C)C)N1CCN(C(C)(C)C(N)=O)CC1.I. The van der Waals surface area contributed by atoms with Gasteiger partial charge in [-0.3, -0.25) is 14.7 Å². The number of nitrogens with zero attached hydrogens (tertiary/aromatic N) is 3. The van der Waals surface area contributed by atoms with Gasteiger partial charge in [-0.1, -0.05) is 27.7 Å². The van der Waals surface area contributed by atoms with Crippen LogP contribution in [0.2, 0.25) is 0 Å². The van der Waals surface area contributed by atoms with Gasteiger partial charge in [-0.2, -0.15) is 0 Å². The molecule has 0 unspecified atom stereocenters. The maximum absolute atomic E-state index is 11.7. The minimum Gasteiger partial charge on any atom is -0.368 e. The molecule has 7 heteroatoms. The van der Waals surface area contributed by atoms with E-state index >= 15 is 0 Å². The Kier molecular flexibility index (Phi) is 6.81. The minimum absolute atomic E-state index is 0. The summed E-state index contributed by atoms with van der Waals surface area (Å²) in [4.78, 5) is 20.8. The van der Waals surface area contributed by atoms with Gasteiger partial charge >= 0.3 is 0 Å². The average Bonchev–Trinajstić information content (AvgIpc) is 2.88. The molecule has 146 valence electrons. The van der Waals surface area contributed by atoms with E-state index in [9.17, 15) is 4.79 Å². The highest BCUT2D eigenvalue weighted by molar-refractivity contribution is 14.0. The van der Waals surface area contributed by atoms with Gasteiger partial charge in [-0.25, -0.2) is 0 Å². The summed E-state index contributed by atoms with van der Waals surface area (Å²) < 4.78 is 0. The van der Waals surface area contributed by atoms with Gasteiger partial charge in [-0.15, -0.1) is 24.0 Å². The molecule has 2 rings (SSSR count). The van der Waals surface area contributed by atoms with Gasteiger partial charge in [0.25, 0.3) is 0 Å². The highest BCUT2D eigenvalue weighted by atomic mass is 127. The summed E-state index contributed by atoms with van der Waals surface area (Å²) in [6.45, 7) is 19.2. The summed E-state index contributed by atoms with van der Waals surface area (Å²) >= 11 is 0. The standard InChI is InChI=1S/C18H35N5O.HI/c1-8-20-15(21-13-16(2,3)17(13,4)5)22-9-11-23(12-10-22)18(6,7)14(19)24;/h13H,8-12H2,1-7H3,(H2,19,24)(H,20,21);1H. The predicted molar refractivity (Wildman–Crippen MR) is 114 cm³/mol. The largest absolute Gasteiger partial charge is 0.368 e. The van der Waals surface area contributed by atoms with Crippen LogP contribution in [0.5, 0.6) is 0 Å². The fourth-order valence-corrected chi connectivity index (χ4v) is 3.71. The van der Waals surface area contributed by atoms with Crippen molar-refractivity contribution < 1.29 is 4.79 Å². The number of carbonyl (C=O) groups is 1. The molecule has 25 heavy (non-hydrogen) atoms. The van der Waals surface area contributed by atoms with E-state index in [4.69, 9.17) is 10.7 Å². The zero-order chi connectivity index (χ0) is 18.3. The second-order valence-electron chi connectivity index (χ2n) is 8.72. The Hall–Kier alpha value is -0.570. The summed E-state index contributed by atoms with van der Waals surface area (Å²) in [5.41, 5.74) is 5.50. The van der Waals surface area contributed by atoms with Crippen molar-refractivity contribution in [1.82, 2.24) is 15.1 Å². The fourth-order valence-electron chi connectivity index (χ4n) is 3.71. The molecule has 6 nitrogen and oxygen atoms in total. The average molecular weight is 465 g/mol. The van der Waals surface area contributed by atoms with E-state index in [1.165, 1.54) is 0 Å². The molecule has 0 aromatic heterocycles.